The number of sulfonamides is 1. The van der Waals surface area contributed by atoms with Crippen molar-refractivity contribution in [2.45, 2.75) is 13.3 Å². The van der Waals surface area contributed by atoms with Gasteiger partial charge in [0.05, 0.1) is 11.9 Å². The van der Waals surface area contributed by atoms with Crippen LogP contribution in [0.5, 0.6) is 0 Å². The number of rotatable bonds is 3. The van der Waals surface area contributed by atoms with Crippen molar-refractivity contribution in [3.05, 3.63) is 58.1 Å². The number of fused-ring (bicyclic) bond motifs is 1. The van der Waals surface area contributed by atoms with E-state index in [2.05, 4.69) is 5.32 Å². The Morgan fingerprint density at radius 2 is 1.96 bits per heavy atom. The van der Waals surface area contributed by atoms with Crippen LogP contribution >= 0.6 is 11.6 Å². The first-order valence-corrected chi connectivity index (χ1v) is 9.66. The maximum atomic E-state index is 12.5. The normalized spacial score (nSPS) is 13.7. The maximum Gasteiger partial charge on any atom is 0.255 e. The minimum absolute atomic E-state index is 0.288. The van der Waals surface area contributed by atoms with Crippen LogP contribution in [-0.2, 0) is 16.4 Å². The number of anilines is 2. The average molecular weight is 365 g/mol. The number of aryl methyl sites for hydroxylation is 1. The number of carbonyl (C=O) groups is 1. The summed E-state index contributed by atoms with van der Waals surface area (Å²) in [7, 11) is -3.34. The van der Waals surface area contributed by atoms with Crippen molar-refractivity contribution in [2.24, 2.45) is 0 Å². The first kappa shape index (κ1) is 16.8. The molecule has 5 nitrogen and oxygen atoms in total. The van der Waals surface area contributed by atoms with E-state index in [4.69, 9.17) is 11.6 Å². The largest absolute Gasteiger partial charge is 0.322 e. The van der Waals surface area contributed by atoms with Crippen molar-refractivity contribution in [3.8, 4) is 0 Å². The fourth-order valence-corrected chi connectivity index (χ4v) is 3.97. The summed E-state index contributed by atoms with van der Waals surface area (Å²) in [5.41, 5.74) is 3.45. The van der Waals surface area contributed by atoms with Crippen molar-refractivity contribution in [1.29, 1.82) is 0 Å². The van der Waals surface area contributed by atoms with Gasteiger partial charge in [0, 0.05) is 22.8 Å². The molecule has 2 aromatic rings. The zero-order valence-corrected chi connectivity index (χ0v) is 14.9. The molecule has 0 fully saturated rings. The monoisotopic (exact) mass is 364 g/mol. The second-order valence-electron chi connectivity index (χ2n) is 5.84. The highest BCUT2D eigenvalue weighted by atomic mass is 35.5. The number of hydrogen-bond donors (Lipinski definition) is 1. The van der Waals surface area contributed by atoms with Crippen LogP contribution in [0.25, 0.3) is 0 Å². The van der Waals surface area contributed by atoms with Crippen LogP contribution in [-0.4, -0.2) is 27.1 Å². The van der Waals surface area contributed by atoms with Gasteiger partial charge in [-0.25, -0.2) is 8.42 Å². The van der Waals surface area contributed by atoms with Crippen LogP contribution in [0.3, 0.4) is 0 Å². The Morgan fingerprint density at radius 1 is 1.21 bits per heavy atom. The first-order valence-electron chi connectivity index (χ1n) is 7.44. The van der Waals surface area contributed by atoms with Gasteiger partial charge in [0.15, 0.2) is 0 Å². The lowest BCUT2D eigenvalue weighted by molar-refractivity contribution is 0.102. The standard InChI is InChI=1S/C17H17ClN2O3S/c1-11-9-14(18)5-6-15(11)19-17(21)13-4-3-12-7-8-20(16(12)10-13)24(2,22)23/h3-6,9-10H,7-8H2,1-2H3,(H,19,21). The molecule has 126 valence electrons. The van der Waals surface area contributed by atoms with E-state index in [1.54, 1.807) is 30.3 Å². The Labute approximate surface area is 146 Å². The van der Waals surface area contributed by atoms with Gasteiger partial charge in [-0.2, -0.15) is 0 Å². The second kappa shape index (κ2) is 6.11. The molecule has 1 amide bonds. The first-order chi connectivity index (χ1) is 11.3. The zero-order valence-electron chi connectivity index (χ0n) is 13.3. The molecule has 24 heavy (non-hydrogen) atoms. The van der Waals surface area contributed by atoms with Crippen molar-refractivity contribution >= 4 is 38.9 Å². The Balaban J connectivity index is 1.89. The number of hydrogen-bond acceptors (Lipinski definition) is 3. The fraction of sp³-hybridized carbons (Fsp3) is 0.235. The third-order valence-electron chi connectivity index (χ3n) is 4.04. The van der Waals surface area contributed by atoms with Gasteiger partial charge in [-0.15, -0.1) is 0 Å². The highest BCUT2D eigenvalue weighted by molar-refractivity contribution is 7.92. The number of amides is 1. The molecular weight excluding hydrogens is 348 g/mol. The topological polar surface area (TPSA) is 66.5 Å². The second-order valence-corrected chi connectivity index (χ2v) is 8.19. The summed E-state index contributed by atoms with van der Waals surface area (Å²) in [6.45, 7) is 2.27. The smallest absolute Gasteiger partial charge is 0.255 e. The van der Waals surface area contributed by atoms with E-state index in [1.807, 2.05) is 13.0 Å². The van der Waals surface area contributed by atoms with Gasteiger partial charge in [0.2, 0.25) is 10.0 Å². The highest BCUT2D eigenvalue weighted by Gasteiger charge is 2.27. The molecule has 0 saturated carbocycles. The molecule has 1 aliphatic rings. The van der Waals surface area contributed by atoms with Crippen molar-refractivity contribution < 1.29 is 13.2 Å². The molecule has 0 saturated heterocycles. The van der Waals surface area contributed by atoms with Gasteiger partial charge < -0.3 is 5.32 Å². The summed E-state index contributed by atoms with van der Waals surface area (Å²) in [6.07, 6.45) is 1.83. The van der Waals surface area contributed by atoms with Crippen molar-refractivity contribution in [1.82, 2.24) is 0 Å². The highest BCUT2D eigenvalue weighted by Crippen LogP contribution is 2.31. The third kappa shape index (κ3) is 3.25. The molecule has 0 bridgehead atoms. The van der Waals surface area contributed by atoms with Crippen LogP contribution in [0.1, 0.15) is 21.5 Å². The number of halogens is 1. The molecule has 1 N–H and O–H groups in total. The van der Waals surface area contributed by atoms with E-state index < -0.39 is 10.0 Å². The van der Waals surface area contributed by atoms with E-state index in [0.717, 1.165) is 11.1 Å². The van der Waals surface area contributed by atoms with Crippen molar-refractivity contribution in [2.75, 3.05) is 22.4 Å². The molecule has 1 aliphatic heterocycles. The Hall–Kier alpha value is -2.05. The summed E-state index contributed by atoms with van der Waals surface area (Å²) in [5, 5.41) is 3.44. The van der Waals surface area contributed by atoms with Crippen molar-refractivity contribution in [3.63, 3.8) is 0 Å². The summed E-state index contributed by atoms with van der Waals surface area (Å²) < 4.78 is 25.1. The fourth-order valence-electron chi connectivity index (χ4n) is 2.80. The summed E-state index contributed by atoms with van der Waals surface area (Å²) >= 11 is 5.92. The molecule has 0 unspecified atom stereocenters. The summed E-state index contributed by atoms with van der Waals surface area (Å²) in [6, 6.07) is 10.4. The summed E-state index contributed by atoms with van der Waals surface area (Å²) in [4.78, 5) is 12.5. The average Bonchev–Trinajstić information content (AvgIpc) is 2.93. The van der Waals surface area contributed by atoms with E-state index in [9.17, 15) is 13.2 Å². The molecule has 3 rings (SSSR count). The number of nitrogens with one attached hydrogen (secondary N) is 1. The lowest BCUT2D eigenvalue weighted by atomic mass is 10.1. The predicted molar refractivity (Wildman–Crippen MR) is 96.5 cm³/mol. The Morgan fingerprint density at radius 3 is 2.62 bits per heavy atom. The quantitative estimate of drug-likeness (QED) is 0.909. The molecule has 0 aliphatic carbocycles. The molecule has 0 atom stereocenters. The maximum absolute atomic E-state index is 12.5. The molecule has 0 spiro atoms. The molecule has 7 heteroatoms. The SMILES string of the molecule is Cc1cc(Cl)ccc1NC(=O)c1ccc2c(c1)N(S(C)(=O)=O)CC2. The molecule has 0 aromatic heterocycles. The van der Waals surface area contributed by atoms with Crippen LogP contribution < -0.4 is 9.62 Å². The van der Waals surface area contributed by atoms with Gasteiger partial charge in [-0.05, 0) is 54.8 Å². The number of nitrogens with zero attached hydrogens (tertiary/aromatic N) is 1. The van der Waals surface area contributed by atoms with E-state index in [1.165, 1.54) is 10.6 Å². The van der Waals surface area contributed by atoms with Gasteiger partial charge in [0.25, 0.3) is 5.91 Å². The lowest BCUT2D eigenvalue weighted by Crippen LogP contribution is -2.27. The van der Waals surface area contributed by atoms with Crippen LogP contribution in [0.15, 0.2) is 36.4 Å². The van der Waals surface area contributed by atoms with Gasteiger partial charge >= 0.3 is 0 Å². The predicted octanol–water partition coefficient (Wildman–Crippen LogP) is 3.22. The van der Waals surface area contributed by atoms with Crippen LogP contribution in [0, 0.1) is 6.92 Å². The van der Waals surface area contributed by atoms with Gasteiger partial charge in [-0.1, -0.05) is 17.7 Å². The lowest BCUT2D eigenvalue weighted by Gasteiger charge is -2.17. The van der Waals surface area contributed by atoms with Gasteiger partial charge in [0.1, 0.15) is 0 Å². The Kier molecular flexibility index (Phi) is 4.27. The molecule has 0 radical (unpaired) electrons. The minimum atomic E-state index is -3.34. The third-order valence-corrected chi connectivity index (χ3v) is 5.45. The molecular formula is C17H17ClN2O3S. The molecule has 1 heterocycles. The van der Waals surface area contributed by atoms with E-state index in [0.29, 0.717) is 34.9 Å². The molecule has 2 aromatic carbocycles. The minimum Gasteiger partial charge on any atom is -0.322 e. The van der Waals surface area contributed by atoms with E-state index >= 15 is 0 Å². The summed E-state index contributed by atoms with van der Waals surface area (Å²) in [5.74, 6) is -0.288. The number of benzene rings is 2. The van der Waals surface area contributed by atoms with E-state index in [-0.39, 0.29) is 5.91 Å². The van der Waals surface area contributed by atoms with Gasteiger partial charge in [-0.3, -0.25) is 9.10 Å². The zero-order chi connectivity index (χ0) is 17.5. The number of carbonyl (C=O) groups excluding carboxylic acids is 1. The Bertz CT molecular complexity index is 925. The van der Waals surface area contributed by atoms with Crippen LogP contribution in [0.2, 0.25) is 5.02 Å². The van der Waals surface area contributed by atoms with Crippen LogP contribution in [0.4, 0.5) is 11.4 Å².